The molecule has 14 heavy (non-hydrogen) atoms. The molecule has 0 aliphatic heterocycles. The monoisotopic (exact) mass is 194 g/mol. The van der Waals surface area contributed by atoms with Crippen LogP contribution in [0.3, 0.4) is 0 Å². The minimum absolute atomic E-state index is 0.243. The summed E-state index contributed by atoms with van der Waals surface area (Å²) < 4.78 is 17.2. The van der Waals surface area contributed by atoms with Gasteiger partial charge in [0.15, 0.2) is 0 Å². The number of ether oxygens (including phenoxy) is 1. The molecule has 0 radical (unpaired) electrons. The highest BCUT2D eigenvalue weighted by molar-refractivity contribution is 5.66. The molecule has 0 unspecified atom stereocenters. The van der Waals surface area contributed by atoms with E-state index in [4.69, 9.17) is 0 Å². The Hall–Kier alpha value is -1.64. The molecule has 1 aromatic carbocycles. The lowest BCUT2D eigenvalue weighted by Gasteiger charge is -1.95. The third-order valence-electron chi connectivity index (χ3n) is 1.56. The van der Waals surface area contributed by atoms with Crippen molar-refractivity contribution >= 4 is 12.0 Å². The van der Waals surface area contributed by atoms with E-state index in [0.717, 1.165) is 5.56 Å². The second-order valence-electron chi connectivity index (χ2n) is 2.76. The highest BCUT2D eigenvalue weighted by Gasteiger charge is 1.89. The van der Waals surface area contributed by atoms with Crippen molar-refractivity contribution in [1.29, 1.82) is 0 Å². The summed E-state index contributed by atoms with van der Waals surface area (Å²) in [7, 11) is 0. The van der Waals surface area contributed by atoms with Crippen LogP contribution in [0.15, 0.2) is 30.3 Å². The van der Waals surface area contributed by atoms with Gasteiger partial charge in [-0.05, 0) is 23.8 Å². The van der Waals surface area contributed by atoms with Crippen molar-refractivity contribution < 1.29 is 13.9 Å². The topological polar surface area (TPSA) is 26.3 Å². The number of hydrogen-bond donors (Lipinski definition) is 0. The van der Waals surface area contributed by atoms with Gasteiger partial charge in [0.1, 0.15) is 12.4 Å². The standard InChI is InChI=1S/C11H11FO2/c1-9(13)14-8-2-3-10-4-6-11(12)7-5-10/h2-7H,8H2,1H3. The molecule has 0 aliphatic rings. The third kappa shape index (κ3) is 3.85. The molecule has 0 bridgehead atoms. The molecular formula is C11H11FO2. The first-order valence-corrected chi connectivity index (χ1v) is 4.24. The van der Waals surface area contributed by atoms with Gasteiger partial charge in [-0.3, -0.25) is 4.79 Å². The summed E-state index contributed by atoms with van der Waals surface area (Å²) in [5.74, 6) is -0.573. The van der Waals surface area contributed by atoms with Gasteiger partial charge in [-0.1, -0.05) is 18.2 Å². The zero-order valence-corrected chi connectivity index (χ0v) is 7.87. The number of hydrogen-bond acceptors (Lipinski definition) is 2. The molecule has 74 valence electrons. The highest BCUT2D eigenvalue weighted by Crippen LogP contribution is 2.04. The van der Waals surface area contributed by atoms with Crippen LogP contribution in [0, 0.1) is 5.82 Å². The summed E-state index contributed by atoms with van der Waals surface area (Å²) in [4.78, 5) is 10.4. The number of carbonyl (C=O) groups excluding carboxylic acids is 1. The van der Waals surface area contributed by atoms with Crippen molar-refractivity contribution in [1.82, 2.24) is 0 Å². The zero-order valence-electron chi connectivity index (χ0n) is 7.87. The molecule has 0 saturated heterocycles. The van der Waals surface area contributed by atoms with E-state index in [1.165, 1.54) is 19.1 Å². The quantitative estimate of drug-likeness (QED) is 0.690. The van der Waals surface area contributed by atoms with E-state index in [2.05, 4.69) is 4.74 Å². The van der Waals surface area contributed by atoms with Crippen molar-refractivity contribution in [2.75, 3.05) is 6.61 Å². The first kappa shape index (κ1) is 10.4. The fourth-order valence-electron chi connectivity index (χ4n) is 0.924. The average Bonchev–Trinajstić information content (AvgIpc) is 2.15. The molecule has 0 spiro atoms. The fraction of sp³-hybridized carbons (Fsp3) is 0.182. The number of benzene rings is 1. The Morgan fingerprint density at radius 3 is 2.64 bits per heavy atom. The van der Waals surface area contributed by atoms with Crippen molar-refractivity contribution in [2.24, 2.45) is 0 Å². The maximum absolute atomic E-state index is 12.5. The van der Waals surface area contributed by atoms with Crippen molar-refractivity contribution in [3.63, 3.8) is 0 Å². The van der Waals surface area contributed by atoms with Gasteiger partial charge < -0.3 is 4.74 Å². The Morgan fingerprint density at radius 2 is 2.07 bits per heavy atom. The van der Waals surface area contributed by atoms with Crippen molar-refractivity contribution in [3.05, 3.63) is 41.7 Å². The average molecular weight is 194 g/mol. The predicted molar refractivity (Wildman–Crippen MR) is 52.1 cm³/mol. The van der Waals surface area contributed by atoms with Gasteiger partial charge >= 0.3 is 5.97 Å². The predicted octanol–water partition coefficient (Wildman–Crippen LogP) is 2.40. The Balaban J connectivity index is 2.44. The lowest BCUT2D eigenvalue weighted by Crippen LogP contribution is -1.97. The lowest BCUT2D eigenvalue weighted by atomic mass is 10.2. The molecule has 0 fully saturated rings. The maximum atomic E-state index is 12.5. The third-order valence-corrected chi connectivity index (χ3v) is 1.56. The molecule has 0 aliphatic carbocycles. The van der Waals surface area contributed by atoms with Crippen LogP contribution in [0.25, 0.3) is 6.08 Å². The zero-order chi connectivity index (χ0) is 10.4. The van der Waals surface area contributed by atoms with Crippen LogP contribution in [0.4, 0.5) is 4.39 Å². The summed E-state index contributed by atoms with van der Waals surface area (Å²) in [6.45, 7) is 1.60. The first-order chi connectivity index (χ1) is 6.68. The molecule has 0 heterocycles. The summed E-state index contributed by atoms with van der Waals surface area (Å²) in [6.07, 6.45) is 3.47. The summed E-state index contributed by atoms with van der Waals surface area (Å²) in [6, 6.07) is 6.07. The second-order valence-corrected chi connectivity index (χ2v) is 2.76. The van der Waals surface area contributed by atoms with E-state index in [1.54, 1.807) is 24.3 Å². The fourth-order valence-corrected chi connectivity index (χ4v) is 0.924. The number of rotatable bonds is 3. The lowest BCUT2D eigenvalue weighted by molar-refractivity contribution is -0.139. The van der Waals surface area contributed by atoms with Gasteiger partial charge in [0.25, 0.3) is 0 Å². The molecule has 1 aromatic rings. The first-order valence-electron chi connectivity index (χ1n) is 4.24. The molecule has 3 heteroatoms. The van der Waals surface area contributed by atoms with Gasteiger partial charge in [-0.2, -0.15) is 0 Å². The van der Waals surface area contributed by atoms with Crippen LogP contribution < -0.4 is 0 Å². The van der Waals surface area contributed by atoms with Gasteiger partial charge in [-0.15, -0.1) is 0 Å². The summed E-state index contributed by atoms with van der Waals surface area (Å²) in [5.41, 5.74) is 0.874. The van der Waals surface area contributed by atoms with Gasteiger partial charge in [0.05, 0.1) is 0 Å². The maximum Gasteiger partial charge on any atom is 0.302 e. The van der Waals surface area contributed by atoms with Crippen LogP contribution in [-0.2, 0) is 9.53 Å². The number of esters is 1. The van der Waals surface area contributed by atoms with Crippen molar-refractivity contribution in [3.8, 4) is 0 Å². The Morgan fingerprint density at radius 1 is 1.43 bits per heavy atom. The van der Waals surface area contributed by atoms with Crippen LogP contribution in [0.5, 0.6) is 0 Å². The Labute approximate surface area is 82.0 Å². The summed E-state index contributed by atoms with van der Waals surface area (Å²) in [5, 5.41) is 0. The normalized spacial score (nSPS) is 10.4. The second kappa shape index (κ2) is 5.17. The molecule has 0 saturated carbocycles. The largest absolute Gasteiger partial charge is 0.462 e. The van der Waals surface area contributed by atoms with E-state index < -0.39 is 0 Å². The molecule has 2 nitrogen and oxygen atoms in total. The number of halogens is 1. The van der Waals surface area contributed by atoms with E-state index in [1.807, 2.05) is 0 Å². The highest BCUT2D eigenvalue weighted by atomic mass is 19.1. The van der Waals surface area contributed by atoms with Crippen LogP contribution in [0.1, 0.15) is 12.5 Å². The summed E-state index contributed by atoms with van der Waals surface area (Å²) >= 11 is 0. The Bertz CT molecular complexity index is 328. The Kier molecular flexibility index (Phi) is 3.85. The van der Waals surface area contributed by atoms with E-state index in [0.29, 0.717) is 0 Å². The van der Waals surface area contributed by atoms with Gasteiger partial charge in [0.2, 0.25) is 0 Å². The SMILES string of the molecule is CC(=O)OCC=Cc1ccc(F)cc1. The van der Waals surface area contributed by atoms with Gasteiger partial charge in [-0.25, -0.2) is 4.39 Å². The smallest absolute Gasteiger partial charge is 0.302 e. The molecule has 1 rings (SSSR count). The van der Waals surface area contributed by atoms with Crippen LogP contribution >= 0.6 is 0 Å². The van der Waals surface area contributed by atoms with Crippen LogP contribution in [-0.4, -0.2) is 12.6 Å². The molecule has 0 N–H and O–H groups in total. The molecular weight excluding hydrogens is 183 g/mol. The molecule has 0 aromatic heterocycles. The van der Waals surface area contributed by atoms with Gasteiger partial charge in [0, 0.05) is 6.92 Å². The van der Waals surface area contributed by atoms with E-state index >= 15 is 0 Å². The van der Waals surface area contributed by atoms with E-state index in [-0.39, 0.29) is 18.4 Å². The molecule has 0 atom stereocenters. The minimum Gasteiger partial charge on any atom is -0.462 e. The number of carbonyl (C=O) groups is 1. The van der Waals surface area contributed by atoms with Crippen molar-refractivity contribution in [2.45, 2.75) is 6.92 Å². The van der Waals surface area contributed by atoms with Crippen LogP contribution in [0.2, 0.25) is 0 Å². The van der Waals surface area contributed by atoms with E-state index in [9.17, 15) is 9.18 Å². The minimum atomic E-state index is -0.311. The molecule has 0 amide bonds.